The molecule has 2 aromatic rings. The van der Waals surface area contributed by atoms with Gasteiger partial charge in [0.2, 0.25) is 5.91 Å². The van der Waals surface area contributed by atoms with E-state index in [2.05, 4.69) is 15.6 Å². The molecule has 2 rings (SSSR count). The molecule has 1 aromatic heterocycles. The molecule has 0 radical (unpaired) electrons. The first-order valence-electron chi connectivity index (χ1n) is 7.47. The molecule has 24 heavy (non-hydrogen) atoms. The van der Waals surface area contributed by atoms with Gasteiger partial charge in [-0.15, -0.1) is 11.3 Å². The number of benzene rings is 1. The van der Waals surface area contributed by atoms with E-state index in [-0.39, 0.29) is 18.4 Å². The van der Waals surface area contributed by atoms with Crippen LogP contribution in [0.3, 0.4) is 0 Å². The Balaban J connectivity index is 1.83. The molecular weight excluding hydrogens is 326 g/mol. The number of carbonyl (C=O) groups is 2. The second kappa shape index (κ2) is 8.83. The highest BCUT2D eigenvalue weighted by Gasteiger charge is 2.02. The van der Waals surface area contributed by atoms with E-state index in [0.717, 1.165) is 10.7 Å². The minimum atomic E-state index is -0.239. The number of aromatic nitrogens is 1. The summed E-state index contributed by atoms with van der Waals surface area (Å²) in [5.41, 5.74) is 1.41. The number of likely N-dealkylation sites (N-methyl/N-ethyl adjacent to an activating group) is 1. The number of nitrogens with one attached hydrogen (secondary N) is 2. The first-order chi connectivity index (χ1) is 11.6. The number of anilines is 1. The summed E-state index contributed by atoms with van der Waals surface area (Å²) in [5, 5.41) is 8.24. The topological polar surface area (TPSA) is 80.3 Å². The first kappa shape index (κ1) is 17.7. The van der Waals surface area contributed by atoms with Gasteiger partial charge in [0, 0.05) is 23.7 Å². The van der Waals surface area contributed by atoms with Crippen LogP contribution in [0.1, 0.15) is 17.6 Å². The van der Waals surface area contributed by atoms with E-state index in [0.29, 0.717) is 18.0 Å². The summed E-state index contributed by atoms with van der Waals surface area (Å²) in [6.45, 7) is 4.30. The Kier molecular flexibility index (Phi) is 6.51. The summed E-state index contributed by atoms with van der Waals surface area (Å²) in [7, 11) is 0. The van der Waals surface area contributed by atoms with E-state index >= 15 is 0 Å². The molecule has 0 spiro atoms. The second-order valence-corrected chi connectivity index (χ2v) is 5.94. The Morgan fingerprint density at radius 1 is 1.29 bits per heavy atom. The number of hydrogen-bond donors (Lipinski definition) is 2. The number of carbonyl (C=O) groups excluding carboxylic acids is 2. The standard InChI is InChI=1S/C17H19N3O3S/c1-3-18-17(22)10-23-15-7-4-13(5-8-15)20-16(21)9-6-14-11-24-12(2)19-14/h4-9,11H,3,10H2,1-2H3,(H,18,22)(H,20,21)/b9-6+. The predicted molar refractivity (Wildman–Crippen MR) is 95.1 cm³/mol. The normalized spacial score (nSPS) is 10.6. The van der Waals surface area contributed by atoms with Crippen LogP contribution in [0.5, 0.6) is 5.75 Å². The number of aryl methyl sites for hydroxylation is 1. The lowest BCUT2D eigenvalue weighted by Crippen LogP contribution is -2.28. The molecule has 2 amide bonds. The van der Waals surface area contributed by atoms with Crippen LogP contribution in [0.4, 0.5) is 5.69 Å². The maximum Gasteiger partial charge on any atom is 0.257 e. The third kappa shape index (κ3) is 5.85. The van der Waals surface area contributed by atoms with Crippen LogP contribution in [0.15, 0.2) is 35.7 Å². The molecule has 126 valence electrons. The zero-order valence-electron chi connectivity index (χ0n) is 13.5. The van der Waals surface area contributed by atoms with Gasteiger partial charge in [-0.25, -0.2) is 4.98 Å². The van der Waals surface area contributed by atoms with Gasteiger partial charge in [0.25, 0.3) is 5.91 Å². The number of thiazole rings is 1. The van der Waals surface area contributed by atoms with E-state index in [1.807, 2.05) is 19.2 Å². The van der Waals surface area contributed by atoms with E-state index in [9.17, 15) is 9.59 Å². The van der Waals surface area contributed by atoms with Crippen LogP contribution in [0.2, 0.25) is 0 Å². The summed E-state index contributed by atoms with van der Waals surface area (Å²) >= 11 is 1.53. The fraction of sp³-hybridized carbons (Fsp3) is 0.235. The molecule has 0 saturated heterocycles. The average molecular weight is 345 g/mol. The highest BCUT2D eigenvalue weighted by Crippen LogP contribution is 2.16. The Bertz CT molecular complexity index is 723. The summed E-state index contributed by atoms with van der Waals surface area (Å²) in [4.78, 5) is 27.4. The molecule has 0 aliphatic carbocycles. The maximum absolute atomic E-state index is 11.9. The third-order valence-electron chi connectivity index (χ3n) is 2.91. The zero-order valence-corrected chi connectivity index (χ0v) is 14.4. The van der Waals surface area contributed by atoms with Crippen molar-refractivity contribution in [2.75, 3.05) is 18.5 Å². The smallest absolute Gasteiger partial charge is 0.257 e. The van der Waals surface area contributed by atoms with E-state index < -0.39 is 0 Å². The SMILES string of the molecule is CCNC(=O)COc1ccc(NC(=O)/C=C/c2csc(C)n2)cc1. The van der Waals surface area contributed by atoms with Gasteiger partial charge in [-0.2, -0.15) is 0 Å². The van der Waals surface area contributed by atoms with Crippen molar-refractivity contribution in [3.63, 3.8) is 0 Å². The molecule has 2 N–H and O–H groups in total. The molecule has 6 nitrogen and oxygen atoms in total. The van der Waals surface area contributed by atoms with Gasteiger partial charge in [-0.05, 0) is 44.2 Å². The molecular formula is C17H19N3O3S. The molecule has 0 fully saturated rings. The van der Waals surface area contributed by atoms with Crippen molar-refractivity contribution in [3.8, 4) is 5.75 Å². The van der Waals surface area contributed by atoms with Gasteiger partial charge in [-0.1, -0.05) is 0 Å². The molecule has 0 unspecified atom stereocenters. The Morgan fingerprint density at radius 2 is 2.04 bits per heavy atom. The molecule has 0 saturated carbocycles. The highest BCUT2D eigenvalue weighted by atomic mass is 32.1. The first-order valence-corrected chi connectivity index (χ1v) is 8.35. The molecule has 1 aromatic carbocycles. The van der Waals surface area contributed by atoms with Gasteiger partial charge >= 0.3 is 0 Å². The molecule has 7 heteroatoms. The van der Waals surface area contributed by atoms with E-state index in [1.165, 1.54) is 17.4 Å². The van der Waals surface area contributed by atoms with Gasteiger partial charge in [0.05, 0.1) is 10.7 Å². The molecule has 0 aliphatic heterocycles. The fourth-order valence-electron chi connectivity index (χ4n) is 1.83. The maximum atomic E-state index is 11.9. The summed E-state index contributed by atoms with van der Waals surface area (Å²) in [6, 6.07) is 6.82. The largest absolute Gasteiger partial charge is 0.484 e. The van der Waals surface area contributed by atoms with Gasteiger partial charge in [0.1, 0.15) is 5.75 Å². The van der Waals surface area contributed by atoms with Crippen LogP contribution in [-0.2, 0) is 9.59 Å². The van der Waals surface area contributed by atoms with Gasteiger partial charge in [-0.3, -0.25) is 9.59 Å². The lowest BCUT2D eigenvalue weighted by molar-refractivity contribution is -0.123. The molecule has 0 atom stereocenters. The minimum absolute atomic E-state index is 0.0324. The third-order valence-corrected chi connectivity index (χ3v) is 3.70. The average Bonchev–Trinajstić information content (AvgIpc) is 2.98. The quantitative estimate of drug-likeness (QED) is 0.756. The molecule has 0 bridgehead atoms. The van der Waals surface area contributed by atoms with Crippen molar-refractivity contribution in [1.82, 2.24) is 10.3 Å². The monoisotopic (exact) mass is 345 g/mol. The van der Waals surface area contributed by atoms with E-state index in [4.69, 9.17) is 4.74 Å². The highest BCUT2D eigenvalue weighted by molar-refractivity contribution is 7.09. The zero-order chi connectivity index (χ0) is 17.4. The number of nitrogens with zero attached hydrogens (tertiary/aromatic N) is 1. The van der Waals surface area contributed by atoms with Gasteiger partial charge < -0.3 is 15.4 Å². The van der Waals surface area contributed by atoms with Crippen molar-refractivity contribution >= 4 is 34.9 Å². The van der Waals surface area contributed by atoms with E-state index in [1.54, 1.807) is 30.3 Å². The predicted octanol–water partition coefficient (Wildman–Crippen LogP) is 2.62. The fourth-order valence-corrected chi connectivity index (χ4v) is 2.41. The summed E-state index contributed by atoms with van der Waals surface area (Å²) in [5.74, 6) is 0.154. The number of ether oxygens (including phenoxy) is 1. The Hall–Kier alpha value is -2.67. The lowest BCUT2D eigenvalue weighted by atomic mass is 10.3. The van der Waals surface area contributed by atoms with Crippen molar-refractivity contribution in [1.29, 1.82) is 0 Å². The van der Waals surface area contributed by atoms with Crippen LogP contribution in [0, 0.1) is 6.92 Å². The summed E-state index contributed by atoms with van der Waals surface area (Å²) in [6.07, 6.45) is 3.11. The lowest BCUT2D eigenvalue weighted by Gasteiger charge is -2.07. The second-order valence-electron chi connectivity index (χ2n) is 4.88. The number of amides is 2. The number of hydrogen-bond acceptors (Lipinski definition) is 5. The van der Waals surface area contributed by atoms with Crippen LogP contribution in [0.25, 0.3) is 6.08 Å². The minimum Gasteiger partial charge on any atom is -0.484 e. The Morgan fingerprint density at radius 3 is 2.67 bits per heavy atom. The van der Waals surface area contributed by atoms with Gasteiger partial charge in [0.15, 0.2) is 6.61 Å². The van der Waals surface area contributed by atoms with Crippen molar-refractivity contribution in [2.45, 2.75) is 13.8 Å². The molecule has 0 aliphatic rings. The van der Waals surface area contributed by atoms with Crippen molar-refractivity contribution in [3.05, 3.63) is 46.4 Å². The van der Waals surface area contributed by atoms with Crippen LogP contribution >= 0.6 is 11.3 Å². The molecule has 1 heterocycles. The van der Waals surface area contributed by atoms with Crippen LogP contribution < -0.4 is 15.4 Å². The Labute approximate surface area is 144 Å². The van der Waals surface area contributed by atoms with Crippen LogP contribution in [-0.4, -0.2) is 29.9 Å². The summed E-state index contributed by atoms with van der Waals surface area (Å²) < 4.78 is 5.34. The number of rotatable bonds is 7. The van der Waals surface area contributed by atoms with Crippen molar-refractivity contribution in [2.24, 2.45) is 0 Å². The van der Waals surface area contributed by atoms with Crippen molar-refractivity contribution < 1.29 is 14.3 Å².